The van der Waals surface area contributed by atoms with Gasteiger partial charge >= 0.3 is 0 Å². The highest BCUT2D eigenvalue weighted by molar-refractivity contribution is 7.09. The van der Waals surface area contributed by atoms with Crippen LogP contribution in [0.5, 0.6) is 0 Å². The Morgan fingerprint density at radius 2 is 2.19 bits per heavy atom. The van der Waals surface area contributed by atoms with Gasteiger partial charge in [-0.1, -0.05) is 12.1 Å². The van der Waals surface area contributed by atoms with E-state index in [0.717, 1.165) is 27.6 Å². The topological polar surface area (TPSA) is 51.8 Å². The Kier molecular flexibility index (Phi) is 2.17. The molecule has 1 aliphatic carbocycles. The molecule has 0 saturated heterocycles. The maximum Gasteiger partial charge on any atom is 0.146 e. The van der Waals surface area contributed by atoms with Crippen LogP contribution in [0.25, 0.3) is 10.6 Å². The summed E-state index contributed by atoms with van der Waals surface area (Å²) in [6, 6.07) is 6.07. The minimum absolute atomic E-state index is 0.618. The molecule has 1 fully saturated rings. The SMILES string of the molecule is Cc1ccc(-c2nc(C3CC3)ns2)cc1N. The molecule has 0 atom stereocenters. The van der Waals surface area contributed by atoms with Crippen molar-refractivity contribution in [3.8, 4) is 10.6 Å². The largest absolute Gasteiger partial charge is 0.398 e. The zero-order valence-electron chi connectivity index (χ0n) is 9.10. The molecule has 82 valence electrons. The number of nitrogen functional groups attached to an aromatic ring is 1. The van der Waals surface area contributed by atoms with E-state index in [4.69, 9.17) is 5.73 Å². The molecule has 4 heteroatoms. The van der Waals surface area contributed by atoms with Crippen molar-refractivity contribution in [3.63, 3.8) is 0 Å². The highest BCUT2D eigenvalue weighted by Gasteiger charge is 2.27. The van der Waals surface area contributed by atoms with Gasteiger partial charge in [-0.25, -0.2) is 4.98 Å². The van der Waals surface area contributed by atoms with E-state index in [1.54, 1.807) is 0 Å². The van der Waals surface area contributed by atoms with Gasteiger partial charge in [-0.3, -0.25) is 0 Å². The van der Waals surface area contributed by atoms with E-state index < -0.39 is 0 Å². The van der Waals surface area contributed by atoms with Crippen molar-refractivity contribution in [1.29, 1.82) is 0 Å². The molecule has 0 bridgehead atoms. The lowest BCUT2D eigenvalue weighted by Gasteiger charge is -2.01. The van der Waals surface area contributed by atoms with Crippen molar-refractivity contribution in [1.82, 2.24) is 9.36 Å². The van der Waals surface area contributed by atoms with Crippen molar-refractivity contribution in [3.05, 3.63) is 29.6 Å². The van der Waals surface area contributed by atoms with Gasteiger partial charge in [0.1, 0.15) is 10.8 Å². The number of rotatable bonds is 2. The summed E-state index contributed by atoms with van der Waals surface area (Å²) in [7, 11) is 0. The molecule has 1 aliphatic rings. The number of aromatic nitrogens is 2. The van der Waals surface area contributed by atoms with E-state index in [9.17, 15) is 0 Å². The minimum Gasteiger partial charge on any atom is -0.398 e. The van der Waals surface area contributed by atoms with Crippen LogP contribution in [0, 0.1) is 6.92 Å². The summed E-state index contributed by atoms with van der Waals surface area (Å²) in [6.45, 7) is 2.01. The second-order valence-corrected chi connectivity index (χ2v) is 5.06. The minimum atomic E-state index is 0.618. The van der Waals surface area contributed by atoms with Gasteiger partial charge in [0.25, 0.3) is 0 Å². The first kappa shape index (κ1) is 9.78. The molecule has 0 aliphatic heterocycles. The molecule has 3 nitrogen and oxygen atoms in total. The van der Waals surface area contributed by atoms with Crippen LogP contribution < -0.4 is 5.73 Å². The Morgan fingerprint density at radius 3 is 2.88 bits per heavy atom. The molecule has 1 aromatic carbocycles. The average Bonchev–Trinajstić information content (AvgIpc) is 3.01. The first-order valence-corrected chi connectivity index (χ1v) is 6.21. The zero-order valence-corrected chi connectivity index (χ0v) is 9.92. The van der Waals surface area contributed by atoms with Crippen molar-refractivity contribution in [2.45, 2.75) is 25.7 Å². The molecular weight excluding hydrogens is 218 g/mol. The number of hydrogen-bond acceptors (Lipinski definition) is 4. The lowest BCUT2D eigenvalue weighted by molar-refractivity contribution is 0.987. The van der Waals surface area contributed by atoms with Gasteiger partial charge in [0, 0.05) is 17.2 Å². The molecule has 1 aromatic heterocycles. The number of hydrogen-bond donors (Lipinski definition) is 1. The number of nitrogens with zero attached hydrogens (tertiary/aromatic N) is 2. The molecule has 3 rings (SSSR count). The number of nitrogens with two attached hydrogens (primary N) is 1. The van der Waals surface area contributed by atoms with Crippen molar-refractivity contribution in [2.75, 3.05) is 5.73 Å². The van der Waals surface area contributed by atoms with Crippen molar-refractivity contribution in [2.24, 2.45) is 0 Å². The normalized spacial score (nSPS) is 15.3. The van der Waals surface area contributed by atoms with Gasteiger partial charge in [0.2, 0.25) is 0 Å². The first-order chi connectivity index (χ1) is 7.74. The van der Waals surface area contributed by atoms with Crippen molar-refractivity contribution >= 4 is 17.2 Å². The fourth-order valence-electron chi connectivity index (χ4n) is 1.63. The molecule has 16 heavy (non-hydrogen) atoms. The second-order valence-electron chi connectivity index (χ2n) is 4.30. The Morgan fingerprint density at radius 1 is 1.38 bits per heavy atom. The molecule has 2 aromatic rings. The zero-order chi connectivity index (χ0) is 11.1. The van der Waals surface area contributed by atoms with Gasteiger partial charge in [0.15, 0.2) is 0 Å². The predicted octanol–water partition coefficient (Wildman–Crippen LogP) is 2.97. The van der Waals surface area contributed by atoms with Gasteiger partial charge < -0.3 is 5.73 Å². The summed E-state index contributed by atoms with van der Waals surface area (Å²) in [5, 5.41) is 0.980. The monoisotopic (exact) mass is 231 g/mol. The molecule has 0 spiro atoms. The fraction of sp³-hybridized carbons (Fsp3) is 0.333. The van der Waals surface area contributed by atoms with Crippen LogP contribution in [0.4, 0.5) is 5.69 Å². The summed E-state index contributed by atoms with van der Waals surface area (Å²) in [6.07, 6.45) is 2.48. The third-order valence-corrected chi connectivity index (χ3v) is 3.69. The van der Waals surface area contributed by atoms with Crippen LogP contribution in [-0.2, 0) is 0 Å². The maximum atomic E-state index is 5.89. The number of benzene rings is 1. The summed E-state index contributed by atoms with van der Waals surface area (Å²) in [5.41, 5.74) is 8.90. The number of anilines is 1. The molecule has 0 radical (unpaired) electrons. The standard InChI is InChI=1S/C12H13N3S/c1-7-2-3-9(6-10(7)13)12-14-11(15-16-12)8-4-5-8/h2-3,6,8H,4-5,13H2,1H3. The summed E-state index contributed by atoms with van der Waals surface area (Å²) >= 11 is 1.47. The van der Waals surface area contributed by atoms with E-state index in [2.05, 4.69) is 15.4 Å². The Hall–Kier alpha value is -1.42. The van der Waals surface area contributed by atoms with Crippen LogP contribution in [0.15, 0.2) is 18.2 Å². The van der Waals surface area contributed by atoms with E-state index in [1.165, 1.54) is 24.4 Å². The molecule has 1 saturated carbocycles. The van der Waals surface area contributed by atoms with Crippen LogP contribution in [0.2, 0.25) is 0 Å². The smallest absolute Gasteiger partial charge is 0.146 e. The molecule has 2 N–H and O–H groups in total. The third kappa shape index (κ3) is 1.69. The Bertz CT molecular complexity index is 529. The summed E-state index contributed by atoms with van der Waals surface area (Å²) < 4.78 is 4.40. The fourth-order valence-corrected chi connectivity index (χ4v) is 2.37. The van der Waals surface area contributed by atoms with Gasteiger partial charge in [-0.05, 0) is 42.9 Å². The van der Waals surface area contributed by atoms with Crippen LogP contribution >= 0.6 is 11.5 Å². The van der Waals surface area contributed by atoms with E-state index >= 15 is 0 Å². The lowest BCUT2D eigenvalue weighted by Crippen LogP contribution is -1.89. The maximum absolute atomic E-state index is 5.89. The van der Waals surface area contributed by atoms with E-state index in [0.29, 0.717) is 5.92 Å². The molecule has 0 unspecified atom stereocenters. The highest BCUT2D eigenvalue weighted by Crippen LogP contribution is 2.39. The van der Waals surface area contributed by atoms with Gasteiger partial charge in [-0.15, -0.1) is 0 Å². The van der Waals surface area contributed by atoms with Crippen LogP contribution in [0.1, 0.15) is 30.1 Å². The average molecular weight is 231 g/mol. The first-order valence-electron chi connectivity index (χ1n) is 5.44. The number of aryl methyl sites for hydroxylation is 1. The molecule has 1 heterocycles. The lowest BCUT2D eigenvalue weighted by atomic mass is 10.1. The second kappa shape index (κ2) is 3.56. The van der Waals surface area contributed by atoms with Crippen molar-refractivity contribution < 1.29 is 0 Å². The quantitative estimate of drug-likeness (QED) is 0.808. The van der Waals surface area contributed by atoms with Crippen LogP contribution in [0.3, 0.4) is 0 Å². The van der Waals surface area contributed by atoms with E-state index in [1.807, 2.05) is 19.1 Å². The molecular formula is C12H13N3S. The Labute approximate surface area is 98.5 Å². The van der Waals surface area contributed by atoms with Crippen LogP contribution in [-0.4, -0.2) is 9.36 Å². The highest BCUT2D eigenvalue weighted by atomic mass is 32.1. The van der Waals surface area contributed by atoms with Gasteiger partial charge in [-0.2, -0.15) is 4.37 Å². The third-order valence-electron chi connectivity index (χ3n) is 2.91. The van der Waals surface area contributed by atoms with Gasteiger partial charge in [0.05, 0.1) is 0 Å². The predicted molar refractivity (Wildman–Crippen MR) is 66.5 cm³/mol. The summed E-state index contributed by atoms with van der Waals surface area (Å²) in [5.74, 6) is 1.63. The Balaban J connectivity index is 1.97. The summed E-state index contributed by atoms with van der Waals surface area (Å²) in [4.78, 5) is 4.57. The van der Waals surface area contributed by atoms with E-state index in [-0.39, 0.29) is 0 Å². The molecule has 0 amide bonds.